The minimum absolute atomic E-state index is 0.250. The Balaban J connectivity index is 0.000000187. The van der Waals surface area contributed by atoms with Gasteiger partial charge in [-0.1, -0.05) is 0 Å². The molecular formula is C5H6N2O2. The summed E-state index contributed by atoms with van der Waals surface area (Å²) in [6.45, 7) is -0.250. The molecule has 9 heavy (non-hydrogen) atoms. The first-order chi connectivity index (χ1) is 4.41. The molecule has 0 aliphatic rings. The van der Waals surface area contributed by atoms with E-state index < -0.39 is 0 Å². The molecule has 0 bridgehead atoms. The van der Waals surface area contributed by atoms with Gasteiger partial charge in [-0.25, -0.2) is 0 Å². The van der Waals surface area contributed by atoms with E-state index in [-0.39, 0.29) is 6.47 Å². The SMILES string of the molecule is O=CO.c1ccnnc1. The zero-order valence-electron chi connectivity index (χ0n) is 4.64. The van der Waals surface area contributed by atoms with Crippen molar-refractivity contribution >= 4 is 6.47 Å². The standard InChI is InChI=1S/C4H4N2.CH2O2/c1-2-4-6-5-3-1;2-1-3/h1-4H;1H,(H,2,3). The number of aromatic nitrogens is 2. The van der Waals surface area contributed by atoms with Gasteiger partial charge in [-0.2, -0.15) is 10.2 Å². The highest BCUT2D eigenvalue weighted by Gasteiger charge is 1.59. The second kappa shape index (κ2) is 6.55. The monoisotopic (exact) mass is 126 g/mol. The van der Waals surface area contributed by atoms with Gasteiger partial charge in [0.05, 0.1) is 0 Å². The fourth-order valence-electron chi connectivity index (χ4n) is 0.253. The van der Waals surface area contributed by atoms with Crippen LogP contribution in [0.15, 0.2) is 24.5 Å². The van der Waals surface area contributed by atoms with Crippen molar-refractivity contribution in [1.29, 1.82) is 0 Å². The lowest BCUT2D eigenvalue weighted by atomic mass is 10.6. The van der Waals surface area contributed by atoms with Gasteiger partial charge in [0.2, 0.25) is 0 Å². The molecule has 0 aromatic carbocycles. The molecule has 0 atom stereocenters. The summed E-state index contributed by atoms with van der Waals surface area (Å²) >= 11 is 0. The molecule has 1 heterocycles. The zero-order chi connectivity index (χ0) is 6.95. The summed E-state index contributed by atoms with van der Waals surface area (Å²) in [7, 11) is 0. The largest absolute Gasteiger partial charge is 0.483 e. The Kier molecular flexibility index (Phi) is 5.49. The molecule has 1 aromatic heterocycles. The van der Waals surface area contributed by atoms with E-state index in [9.17, 15) is 0 Å². The zero-order valence-corrected chi connectivity index (χ0v) is 4.64. The van der Waals surface area contributed by atoms with Gasteiger partial charge in [0.15, 0.2) is 0 Å². The van der Waals surface area contributed by atoms with Crippen molar-refractivity contribution in [2.45, 2.75) is 0 Å². The minimum atomic E-state index is -0.250. The summed E-state index contributed by atoms with van der Waals surface area (Å²) in [5, 5.41) is 14.0. The fourth-order valence-corrected chi connectivity index (χ4v) is 0.253. The molecule has 0 spiro atoms. The molecule has 0 unspecified atom stereocenters. The van der Waals surface area contributed by atoms with Crippen molar-refractivity contribution < 1.29 is 9.90 Å². The molecule has 0 amide bonds. The van der Waals surface area contributed by atoms with Crippen LogP contribution in [0.4, 0.5) is 0 Å². The molecule has 4 nitrogen and oxygen atoms in total. The number of rotatable bonds is 0. The molecule has 0 saturated carbocycles. The van der Waals surface area contributed by atoms with E-state index in [1.165, 1.54) is 0 Å². The predicted octanol–water partition coefficient (Wildman–Crippen LogP) is 0.177. The fraction of sp³-hybridized carbons (Fsp3) is 0. The van der Waals surface area contributed by atoms with Crippen molar-refractivity contribution in [3.63, 3.8) is 0 Å². The second-order valence-corrected chi connectivity index (χ2v) is 1.02. The Bertz CT molecular complexity index is 116. The van der Waals surface area contributed by atoms with Gasteiger partial charge in [0.1, 0.15) is 0 Å². The van der Waals surface area contributed by atoms with Crippen molar-refractivity contribution in [3.8, 4) is 0 Å². The Hall–Kier alpha value is -1.45. The van der Waals surface area contributed by atoms with Crippen LogP contribution in [0.2, 0.25) is 0 Å². The Morgan fingerprint density at radius 1 is 1.22 bits per heavy atom. The van der Waals surface area contributed by atoms with E-state index in [4.69, 9.17) is 9.90 Å². The molecule has 1 N–H and O–H groups in total. The first-order valence-corrected chi connectivity index (χ1v) is 2.21. The van der Waals surface area contributed by atoms with E-state index in [1.807, 2.05) is 12.1 Å². The van der Waals surface area contributed by atoms with Crippen LogP contribution in [0.25, 0.3) is 0 Å². The maximum absolute atomic E-state index is 8.36. The number of hydrogen-bond acceptors (Lipinski definition) is 3. The molecule has 0 fully saturated rings. The van der Waals surface area contributed by atoms with Crippen LogP contribution in [0.3, 0.4) is 0 Å². The average Bonchev–Trinajstić information content (AvgIpc) is 1.93. The van der Waals surface area contributed by atoms with E-state index in [0.717, 1.165) is 0 Å². The normalized spacial score (nSPS) is 6.67. The summed E-state index contributed by atoms with van der Waals surface area (Å²) < 4.78 is 0. The molecule has 0 radical (unpaired) electrons. The lowest BCUT2D eigenvalue weighted by Crippen LogP contribution is -1.69. The summed E-state index contributed by atoms with van der Waals surface area (Å²) in [4.78, 5) is 8.36. The lowest BCUT2D eigenvalue weighted by molar-refractivity contribution is -0.122. The highest BCUT2D eigenvalue weighted by Crippen LogP contribution is 1.68. The van der Waals surface area contributed by atoms with Crippen LogP contribution in [0.1, 0.15) is 0 Å². The van der Waals surface area contributed by atoms with Crippen molar-refractivity contribution in [2.75, 3.05) is 0 Å². The van der Waals surface area contributed by atoms with Gasteiger partial charge in [0.25, 0.3) is 6.47 Å². The van der Waals surface area contributed by atoms with Crippen molar-refractivity contribution in [1.82, 2.24) is 10.2 Å². The third-order valence-electron chi connectivity index (χ3n) is 0.483. The van der Waals surface area contributed by atoms with E-state index in [1.54, 1.807) is 12.4 Å². The molecule has 1 aromatic rings. The first-order valence-electron chi connectivity index (χ1n) is 2.21. The van der Waals surface area contributed by atoms with Crippen LogP contribution in [0, 0.1) is 0 Å². The summed E-state index contributed by atoms with van der Waals surface area (Å²) in [6, 6.07) is 3.65. The van der Waals surface area contributed by atoms with Crippen LogP contribution in [0.5, 0.6) is 0 Å². The van der Waals surface area contributed by atoms with Crippen LogP contribution in [-0.2, 0) is 4.79 Å². The topological polar surface area (TPSA) is 63.1 Å². The molecule has 4 heteroatoms. The number of hydrogen-bond donors (Lipinski definition) is 1. The summed E-state index contributed by atoms with van der Waals surface area (Å²) in [5.41, 5.74) is 0. The molecule has 0 aliphatic carbocycles. The first kappa shape index (κ1) is 7.55. The van der Waals surface area contributed by atoms with Gasteiger partial charge < -0.3 is 5.11 Å². The minimum Gasteiger partial charge on any atom is -0.483 e. The second-order valence-electron chi connectivity index (χ2n) is 1.02. The molecule has 1 rings (SSSR count). The van der Waals surface area contributed by atoms with Crippen LogP contribution in [-0.4, -0.2) is 21.8 Å². The predicted molar refractivity (Wildman–Crippen MR) is 30.7 cm³/mol. The average molecular weight is 126 g/mol. The molecule has 0 saturated heterocycles. The highest BCUT2D eigenvalue weighted by atomic mass is 16.3. The summed E-state index contributed by atoms with van der Waals surface area (Å²) in [6.07, 6.45) is 3.28. The van der Waals surface area contributed by atoms with Crippen molar-refractivity contribution in [2.24, 2.45) is 0 Å². The quantitative estimate of drug-likeness (QED) is 0.503. The smallest absolute Gasteiger partial charge is 0.290 e. The molecule has 0 aliphatic heterocycles. The number of carboxylic acid groups (broad SMARTS) is 1. The van der Waals surface area contributed by atoms with Gasteiger partial charge in [0, 0.05) is 12.4 Å². The molecular weight excluding hydrogens is 120 g/mol. The maximum Gasteiger partial charge on any atom is 0.290 e. The van der Waals surface area contributed by atoms with Gasteiger partial charge in [-0.15, -0.1) is 0 Å². The number of carbonyl (C=O) groups is 1. The van der Waals surface area contributed by atoms with Crippen LogP contribution >= 0.6 is 0 Å². The van der Waals surface area contributed by atoms with Gasteiger partial charge >= 0.3 is 0 Å². The van der Waals surface area contributed by atoms with Gasteiger partial charge in [-0.05, 0) is 12.1 Å². The lowest BCUT2D eigenvalue weighted by Gasteiger charge is -1.69. The third kappa shape index (κ3) is 6.55. The Morgan fingerprint density at radius 2 is 1.56 bits per heavy atom. The number of nitrogens with zero attached hydrogens (tertiary/aromatic N) is 2. The Morgan fingerprint density at radius 3 is 1.67 bits per heavy atom. The molecule has 48 valence electrons. The highest BCUT2D eigenvalue weighted by molar-refractivity contribution is 5.32. The van der Waals surface area contributed by atoms with Crippen molar-refractivity contribution in [3.05, 3.63) is 24.5 Å². The van der Waals surface area contributed by atoms with E-state index in [0.29, 0.717) is 0 Å². The third-order valence-corrected chi connectivity index (χ3v) is 0.483. The van der Waals surface area contributed by atoms with Gasteiger partial charge in [-0.3, -0.25) is 4.79 Å². The maximum atomic E-state index is 8.36. The van der Waals surface area contributed by atoms with E-state index in [2.05, 4.69) is 10.2 Å². The summed E-state index contributed by atoms with van der Waals surface area (Å²) in [5.74, 6) is 0. The van der Waals surface area contributed by atoms with E-state index >= 15 is 0 Å². The Labute approximate surface area is 52.2 Å². The van der Waals surface area contributed by atoms with Crippen LogP contribution < -0.4 is 0 Å².